The number of rotatable bonds is 9. The SMILES string of the molecule is CCNC(=O)C(C)N(Cc1c(Cl)cccc1Cl)C(=O)COc1ccc(C(C)C)cc1. The summed E-state index contributed by atoms with van der Waals surface area (Å²) in [6.07, 6.45) is 0. The second kappa shape index (κ2) is 11.2. The maximum Gasteiger partial charge on any atom is 0.261 e. The van der Waals surface area contributed by atoms with Crippen LogP contribution in [-0.4, -0.2) is 35.9 Å². The molecule has 2 rings (SSSR count). The van der Waals surface area contributed by atoms with Gasteiger partial charge in [-0.05, 0) is 49.6 Å². The fourth-order valence-electron chi connectivity index (χ4n) is 2.94. The summed E-state index contributed by atoms with van der Waals surface area (Å²) in [6, 6.07) is 12.1. The van der Waals surface area contributed by atoms with Crippen LogP contribution in [0, 0.1) is 0 Å². The molecule has 2 aromatic rings. The first-order valence-corrected chi connectivity index (χ1v) is 10.7. The lowest BCUT2D eigenvalue weighted by molar-refractivity contribution is -0.142. The van der Waals surface area contributed by atoms with Crippen LogP contribution >= 0.6 is 23.2 Å². The number of nitrogens with one attached hydrogen (secondary N) is 1. The van der Waals surface area contributed by atoms with E-state index in [1.54, 1.807) is 25.1 Å². The Morgan fingerprint density at radius 1 is 1.03 bits per heavy atom. The van der Waals surface area contributed by atoms with E-state index >= 15 is 0 Å². The highest BCUT2D eigenvalue weighted by Crippen LogP contribution is 2.26. The average molecular weight is 451 g/mol. The zero-order valence-corrected chi connectivity index (χ0v) is 19.3. The van der Waals surface area contributed by atoms with Crippen molar-refractivity contribution in [2.45, 2.75) is 46.2 Å². The topological polar surface area (TPSA) is 58.6 Å². The van der Waals surface area contributed by atoms with Crippen LogP contribution < -0.4 is 10.1 Å². The Hall–Kier alpha value is -2.24. The third-order valence-corrected chi connectivity index (χ3v) is 5.53. The van der Waals surface area contributed by atoms with Crippen molar-refractivity contribution in [1.29, 1.82) is 0 Å². The molecule has 0 radical (unpaired) electrons. The fraction of sp³-hybridized carbons (Fsp3) is 0.391. The minimum Gasteiger partial charge on any atom is -0.484 e. The van der Waals surface area contributed by atoms with Crippen LogP contribution in [0.1, 0.15) is 44.7 Å². The Balaban J connectivity index is 2.18. The molecule has 0 aliphatic rings. The number of benzene rings is 2. The number of amides is 2. The standard InChI is InChI=1S/C23H28Cl2N2O3/c1-5-26-23(29)16(4)27(13-19-20(24)7-6-8-21(19)25)22(28)14-30-18-11-9-17(10-12-18)15(2)3/h6-12,15-16H,5,13-14H2,1-4H3,(H,26,29). The predicted molar refractivity (Wildman–Crippen MR) is 121 cm³/mol. The van der Waals surface area contributed by atoms with Crippen molar-refractivity contribution in [2.24, 2.45) is 0 Å². The van der Waals surface area contributed by atoms with Crippen molar-refractivity contribution in [3.05, 3.63) is 63.6 Å². The average Bonchev–Trinajstić information content (AvgIpc) is 2.72. The van der Waals surface area contributed by atoms with Crippen molar-refractivity contribution in [1.82, 2.24) is 10.2 Å². The van der Waals surface area contributed by atoms with E-state index < -0.39 is 6.04 Å². The zero-order chi connectivity index (χ0) is 22.3. The molecule has 0 fully saturated rings. The van der Waals surface area contributed by atoms with Gasteiger partial charge in [-0.1, -0.05) is 55.2 Å². The first kappa shape index (κ1) is 24.0. The molecule has 2 amide bonds. The van der Waals surface area contributed by atoms with E-state index in [0.29, 0.717) is 33.8 Å². The van der Waals surface area contributed by atoms with Gasteiger partial charge in [0, 0.05) is 28.7 Å². The second-order valence-electron chi connectivity index (χ2n) is 7.30. The third-order valence-electron chi connectivity index (χ3n) is 4.82. The van der Waals surface area contributed by atoms with E-state index in [-0.39, 0.29) is 25.0 Å². The van der Waals surface area contributed by atoms with Crippen LogP contribution in [0.2, 0.25) is 10.0 Å². The van der Waals surface area contributed by atoms with E-state index in [4.69, 9.17) is 27.9 Å². The van der Waals surface area contributed by atoms with Gasteiger partial charge in [-0.15, -0.1) is 0 Å². The predicted octanol–water partition coefficient (Wildman–Crippen LogP) is 5.05. The van der Waals surface area contributed by atoms with Crippen molar-refractivity contribution in [2.75, 3.05) is 13.2 Å². The molecule has 30 heavy (non-hydrogen) atoms. The summed E-state index contributed by atoms with van der Waals surface area (Å²) >= 11 is 12.6. The molecule has 0 heterocycles. The van der Waals surface area contributed by atoms with Gasteiger partial charge in [0.05, 0.1) is 0 Å². The Kier molecular flexibility index (Phi) is 9.00. The lowest BCUT2D eigenvalue weighted by Crippen LogP contribution is -2.49. The summed E-state index contributed by atoms with van der Waals surface area (Å²) in [5, 5.41) is 3.62. The molecule has 7 heteroatoms. The lowest BCUT2D eigenvalue weighted by atomic mass is 10.0. The number of carbonyl (C=O) groups excluding carboxylic acids is 2. The maximum atomic E-state index is 13.0. The number of likely N-dealkylation sites (N-methyl/N-ethyl adjacent to an activating group) is 1. The lowest BCUT2D eigenvalue weighted by Gasteiger charge is -2.29. The van der Waals surface area contributed by atoms with E-state index in [9.17, 15) is 9.59 Å². The van der Waals surface area contributed by atoms with Crippen LogP contribution in [0.5, 0.6) is 5.75 Å². The van der Waals surface area contributed by atoms with Crippen LogP contribution in [-0.2, 0) is 16.1 Å². The highest BCUT2D eigenvalue weighted by atomic mass is 35.5. The number of ether oxygens (including phenoxy) is 1. The van der Waals surface area contributed by atoms with Crippen LogP contribution in [0.4, 0.5) is 0 Å². The van der Waals surface area contributed by atoms with Crippen molar-refractivity contribution in [3.8, 4) is 5.75 Å². The summed E-state index contributed by atoms with van der Waals surface area (Å²) in [5.41, 5.74) is 1.78. The molecule has 2 aromatic carbocycles. The minimum absolute atomic E-state index is 0.102. The van der Waals surface area contributed by atoms with Gasteiger partial charge in [0.15, 0.2) is 6.61 Å². The summed E-state index contributed by atoms with van der Waals surface area (Å²) < 4.78 is 5.68. The molecule has 1 N–H and O–H groups in total. The Bertz CT molecular complexity index is 849. The summed E-state index contributed by atoms with van der Waals surface area (Å²) in [7, 11) is 0. The number of carbonyl (C=O) groups is 2. The van der Waals surface area contributed by atoms with Crippen molar-refractivity contribution < 1.29 is 14.3 Å². The number of nitrogens with zero attached hydrogens (tertiary/aromatic N) is 1. The normalized spacial score (nSPS) is 11.8. The molecular formula is C23H28Cl2N2O3. The van der Waals surface area contributed by atoms with Gasteiger partial charge in [0.25, 0.3) is 5.91 Å². The molecule has 162 valence electrons. The van der Waals surface area contributed by atoms with E-state index in [1.807, 2.05) is 31.2 Å². The van der Waals surface area contributed by atoms with Gasteiger partial charge in [0.1, 0.15) is 11.8 Å². The molecule has 0 aliphatic carbocycles. The number of hydrogen-bond acceptors (Lipinski definition) is 3. The largest absolute Gasteiger partial charge is 0.484 e. The molecule has 1 atom stereocenters. The smallest absolute Gasteiger partial charge is 0.261 e. The van der Waals surface area contributed by atoms with Gasteiger partial charge >= 0.3 is 0 Å². The van der Waals surface area contributed by atoms with Crippen molar-refractivity contribution in [3.63, 3.8) is 0 Å². The number of halogens is 2. The van der Waals surface area contributed by atoms with Gasteiger partial charge in [-0.2, -0.15) is 0 Å². The maximum absolute atomic E-state index is 13.0. The van der Waals surface area contributed by atoms with Gasteiger partial charge in [0.2, 0.25) is 5.91 Å². The summed E-state index contributed by atoms with van der Waals surface area (Å²) in [5.74, 6) is 0.414. The molecular weight excluding hydrogens is 423 g/mol. The molecule has 5 nitrogen and oxygen atoms in total. The summed E-state index contributed by atoms with van der Waals surface area (Å²) in [4.78, 5) is 26.8. The van der Waals surface area contributed by atoms with Gasteiger partial charge < -0.3 is 15.0 Å². The quantitative estimate of drug-likeness (QED) is 0.581. The Labute approximate surface area is 188 Å². The Morgan fingerprint density at radius 2 is 1.63 bits per heavy atom. The van der Waals surface area contributed by atoms with Crippen LogP contribution in [0.15, 0.2) is 42.5 Å². The minimum atomic E-state index is -0.711. The molecule has 0 aromatic heterocycles. The highest BCUT2D eigenvalue weighted by Gasteiger charge is 2.27. The first-order chi connectivity index (χ1) is 14.2. The molecule has 0 aliphatic heterocycles. The first-order valence-electron chi connectivity index (χ1n) is 9.97. The van der Waals surface area contributed by atoms with Crippen LogP contribution in [0.25, 0.3) is 0 Å². The van der Waals surface area contributed by atoms with E-state index in [0.717, 1.165) is 0 Å². The second-order valence-corrected chi connectivity index (χ2v) is 8.12. The molecule has 0 saturated heterocycles. The molecule has 0 saturated carbocycles. The van der Waals surface area contributed by atoms with Crippen molar-refractivity contribution >= 4 is 35.0 Å². The van der Waals surface area contributed by atoms with Gasteiger partial charge in [-0.3, -0.25) is 9.59 Å². The third kappa shape index (κ3) is 6.38. The van der Waals surface area contributed by atoms with Crippen LogP contribution in [0.3, 0.4) is 0 Å². The molecule has 0 bridgehead atoms. The summed E-state index contributed by atoms with van der Waals surface area (Å²) in [6.45, 7) is 8.09. The van der Waals surface area contributed by atoms with E-state index in [2.05, 4.69) is 19.2 Å². The molecule has 1 unspecified atom stereocenters. The highest BCUT2D eigenvalue weighted by molar-refractivity contribution is 6.36. The Morgan fingerprint density at radius 3 is 2.17 bits per heavy atom. The molecule has 0 spiro atoms. The monoisotopic (exact) mass is 450 g/mol. The van der Waals surface area contributed by atoms with Gasteiger partial charge in [-0.25, -0.2) is 0 Å². The van der Waals surface area contributed by atoms with E-state index in [1.165, 1.54) is 10.5 Å². The number of hydrogen-bond donors (Lipinski definition) is 1. The zero-order valence-electron chi connectivity index (χ0n) is 17.7. The fourth-order valence-corrected chi connectivity index (χ4v) is 3.45.